The van der Waals surface area contributed by atoms with Crippen LogP contribution in [0.25, 0.3) is 0 Å². The average molecular weight is 381 g/mol. The average Bonchev–Trinajstić information content (AvgIpc) is 2.74. The first-order valence-corrected chi connectivity index (χ1v) is 10.6. The fourth-order valence-corrected chi connectivity index (χ4v) is 4.03. The maximum Gasteiger partial charge on any atom is 0.417 e. The summed E-state index contributed by atoms with van der Waals surface area (Å²) in [5, 5.41) is 2.72. The van der Waals surface area contributed by atoms with Crippen molar-refractivity contribution in [2.45, 2.75) is 57.9 Å². The van der Waals surface area contributed by atoms with E-state index in [1.54, 1.807) is 0 Å². The Balaban J connectivity index is 1.41. The van der Waals surface area contributed by atoms with Gasteiger partial charge in [-0.3, -0.25) is 5.32 Å². The van der Waals surface area contributed by atoms with Gasteiger partial charge in [0.15, 0.2) is 0 Å². The lowest BCUT2D eigenvalue weighted by Gasteiger charge is -2.33. The summed E-state index contributed by atoms with van der Waals surface area (Å²) in [5.74, 6) is 0.564. The van der Waals surface area contributed by atoms with Crippen molar-refractivity contribution in [2.75, 3.05) is 18.4 Å². The van der Waals surface area contributed by atoms with E-state index in [2.05, 4.69) is 29.3 Å². The maximum atomic E-state index is 12.0. The summed E-state index contributed by atoms with van der Waals surface area (Å²) in [6, 6.07) is 18.0. The molecule has 0 unspecified atom stereocenters. The highest BCUT2D eigenvalue weighted by Gasteiger charge is 2.19. The van der Waals surface area contributed by atoms with Gasteiger partial charge in [0.25, 0.3) is 0 Å². The fraction of sp³-hybridized carbons (Fsp3) is 0.458. The summed E-state index contributed by atoms with van der Waals surface area (Å²) in [4.78, 5) is 14.6. The third-order valence-electron chi connectivity index (χ3n) is 5.56. The molecular weight excluding hydrogens is 348 g/mol. The molecule has 1 aliphatic carbocycles. The predicted molar refractivity (Wildman–Crippen MR) is 115 cm³/mol. The monoisotopic (exact) mass is 380 g/mol. The van der Waals surface area contributed by atoms with Crippen molar-refractivity contribution in [2.24, 2.45) is 0 Å². The Hall–Kier alpha value is -2.33. The second-order valence-corrected chi connectivity index (χ2v) is 7.55. The van der Waals surface area contributed by atoms with Crippen molar-refractivity contribution in [1.82, 2.24) is 4.90 Å². The SMILES string of the molecule is CCN(CCCc1ccc(OC(=O)Nc2ccccc2)cc1)C1CCCCC1. The third-order valence-corrected chi connectivity index (χ3v) is 5.56. The van der Waals surface area contributed by atoms with E-state index in [0.717, 1.165) is 24.7 Å². The molecular formula is C24H32N2O2. The Morgan fingerprint density at radius 2 is 1.75 bits per heavy atom. The van der Waals surface area contributed by atoms with Crippen molar-refractivity contribution in [3.05, 3.63) is 60.2 Å². The molecule has 2 aromatic rings. The van der Waals surface area contributed by atoms with Gasteiger partial charge in [-0.05, 0) is 68.6 Å². The maximum absolute atomic E-state index is 12.0. The minimum absolute atomic E-state index is 0.468. The Morgan fingerprint density at radius 3 is 2.43 bits per heavy atom. The largest absolute Gasteiger partial charge is 0.417 e. The number of carbonyl (C=O) groups excluding carboxylic acids is 1. The lowest BCUT2D eigenvalue weighted by molar-refractivity contribution is 0.162. The van der Waals surface area contributed by atoms with Crippen LogP contribution in [0.3, 0.4) is 0 Å². The molecule has 0 heterocycles. The molecule has 4 nitrogen and oxygen atoms in total. The number of hydrogen-bond acceptors (Lipinski definition) is 3. The van der Waals surface area contributed by atoms with Gasteiger partial charge < -0.3 is 9.64 Å². The fourth-order valence-electron chi connectivity index (χ4n) is 4.03. The topological polar surface area (TPSA) is 41.6 Å². The summed E-state index contributed by atoms with van der Waals surface area (Å²) in [7, 11) is 0. The molecule has 1 saturated carbocycles. The van der Waals surface area contributed by atoms with E-state index in [1.807, 2.05) is 42.5 Å². The highest BCUT2D eigenvalue weighted by atomic mass is 16.6. The molecule has 0 atom stereocenters. The van der Waals surface area contributed by atoms with Gasteiger partial charge in [0.1, 0.15) is 5.75 Å². The van der Waals surface area contributed by atoms with Crippen molar-refractivity contribution >= 4 is 11.8 Å². The highest BCUT2D eigenvalue weighted by Crippen LogP contribution is 2.23. The molecule has 0 aliphatic heterocycles. The number of nitrogens with one attached hydrogen (secondary N) is 1. The summed E-state index contributed by atoms with van der Waals surface area (Å²) < 4.78 is 5.35. The molecule has 0 saturated heterocycles. The molecule has 4 heteroatoms. The smallest absolute Gasteiger partial charge is 0.410 e. The summed E-state index contributed by atoms with van der Waals surface area (Å²) >= 11 is 0. The lowest BCUT2D eigenvalue weighted by Crippen LogP contribution is -2.37. The number of hydrogen-bond donors (Lipinski definition) is 1. The first-order chi connectivity index (χ1) is 13.7. The molecule has 150 valence electrons. The van der Waals surface area contributed by atoms with Crippen molar-refractivity contribution in [3.63, 3.8) is 0 Å². The second kappa shape index (κ2) is 10.9. The van der Waals surface area contributed by atoms with E-state index in [-0.39, 0.29) is 0 Å². The van der Waals surface area contributed by atoms with Crippen LogP contribution >= 0.6 is 0 Å². The number of anilines is 1. The number of ether oxygens (including phenoxy) is 1. The van der Waals surface area contributed by atoms with Gasteiger partial charge in [-0.1, -0.05) is 56.5 Å². The number of carbonyl (C=O) groups is 1. The van der Waals surface area contributed by atoms with Crippen LogP contribution in [0.15, 0.2) is 54.6 Å². The van der Waals surface area contributed by atoms with Crippen LogP contribution in [0.5, 0.6) is 5.75 Å². The van der Waals surface area contributed by atoms with Crippen LogP contribution in [-0.2, 0) is 6.42 Å². The van der Waals surface area contributed by atoms with Crippen LogP contribution in [0.2, 0.25) is 0 Å². The second-order valence-electron chi connectivity index (χ2n) is 7.55. The molecule has 0 radical (unpaired) electrons. The van der Waals surface area contributed by atoms with Crippen molar-refractivity contribution < 1.29 is 9.53 Å². The highest BCUT2D eigenvalue weighted by molar-refractivity contribution is 5.86. The molecule has 1 amide bonds. The van der Waals surface area contributed by atoms with Crippen LogP contribution in [0.4, 0.5) is 10.5 Å². The van der Waals surface area contributed by atoms with Gasteiger partial charge in [0, 0.05) is 11.7 Å². The van der Waals surface area contributed by atoms with Gasteiger partial charge in [0.2, 0.25) is 0 Å². The van der Waals surface area contributed by atoms with Crippen molar-refractivity contribution in [3.8, 4) is 5.75 Å². The van der Waals surface area contributed by atoms with Crippen LogP contribution in [-0.4, -0.2) is 30.1 Å². The van der Waals surface area contributed by atoms with Crippen LogP contribution < -0.4 is 10.1 Å². The van der Waals surface area contributed by atoms with Gasteiger partial charge in [0.05, 0.1) is 0 Å². The number of amides is 1. The quantitative estimate of drug-likeness (QED) is 0.621. The first-order valence-electron chi connectivity index (χ1n) is 10.6. The zero-order valence-corrected chi connectivity index (χ0v) is 16.9. The molecule has 0 spiro atoms. The molecule has 1 N–H and O–H groups in total. The number of benzene rings is 2. The Bertz CT molecular complexity index is 709. The van der Waals surface area contributed by atoms with E-state index in [1.165, 1.54) is 50.6 Å². The number of aryl methyl sites for hydroxylation is 1. The number of rotatable bonds is 8. The molecule has 28 heavy (non-hydrogen) atoms. The third kappa shape index (κ3) is 6.38. The lowest BCUT2D eigenvalue weighted by atomic mass is 9.94. The van der Waals surface area contributed by atoms with Gasteiger partial charge in [-0.2, -0.15) is 0 Å². The van der Waals surface area contributed by atoms with E-state index in [9.17, 15) is 4.79 Å². The summed E-state index contributed by atoms with van der Waals surface area (Å²) in [5.41, 5.74) is 2.01. The molecule has 0 bridgehead atoms. The number of para-hydroxylation sites is 1. The zero-order valence-electron chi connectivity index (χ0n) is 16.9. The number of nitrogens with zero attached hydrogens (tertiary/aromatic N) is 1. The summed E-state index contributed by atoms with van der Waals surface area (Å²) in [6.45, 7) is 4.59. The first kappa shape index (κ1) is 20.4. The van der Waals surface area contributed by atoms with E-state index < -0.39 is 6.09 Å². The standard InChI is InChI=1S/C24H32N2O2/c1-2-26(22-13-7-4-8-14-22)19-9-10-20-15-17-23(18-16-20)28-24(27)25-21-11-5-3-6-12-21/h3,5-6,11-12,15-18,22H,2,4,7-10,13-14,19H2,1H3,(H,25,27). The van der Waals surface area contributed by atoms with Crippen LogP contribution in [0, 0.1) is 0 Å². The minimum Gasteiger partial charge on any atom is -0.410 e. The van der Waals surface area contributed by atoms with E-state index in [4.69, 9.17) is 4.74 Å². The summed E-state index contributed by atoms with van der Waals surface area (Å²) in [6.07, 6.45) is 8.67. The normalized spacial score (nSPS) is 14.8. The van der Waals surface area contributed by atoms with Gasteiger partial charge in [-0.25, -0.2) is 4.79 Å². The predicted octanol–water partition coefficient (Wildman–Crippen LogP) is 5.88. The Labute approximate surface area is 168 Å². The van der Waals surface area contributed by atoms with E-state index >= 15 is 0 Å². The molecule has 0 aromatic heterocycles. The molecule has 1 fully saturated rings. The van der Waals surface area contributed by atoms with Gasteiger partial charge >= 0.3 is 6.09 Å². The minimum atomic E-state index is -0.468. The zero-order chi connectivity index (χ0) is 19.6. The molecule has 3 rings (SSSR count). The van der Waals surface area contributed by atoms with Crippen molar-refractivity contribution in [1.29, 1.82) is 0 Å². The van der Waals surface area contributed by atoms with Crippen LogP contribution in [0.1, 0.15) is 51.0 Å². The molecule has 2 aromatic carbocycles. The Morgan fingerprint density at radius 1 is 1.04 bits per heavy atom. The Kier molecular flexibility index (Phi) is 7.92. The van der Waals surface area contributed by atoms with Gasteiger partial charge in [-0.15, -0.1) is 0 Å². The van der Waals surface area contributed by atoms with E-state index in [0.29, 0.717) is 5.75 Å². The molecule has 1 aliphatic rings.